The zero-order chi connectivity index (χ0) is 24.6. The highest BCUT2D eigenvalue weighted by Crippen LogP contribution is 2.31. The molecular formula is C24H30F3NO4S. The van der Waals surface area contributed by atoms with Gasteiger partial charge in [0.1, 0.15) is 10.6 Å². The van der Waals surface area contributed by atoms with Gasteiger partial charge in [0.15, 0.2) is 0 Å². The molecule has 0 aromatic heterocycles. The highest BCUT2D eigenvalue weighted by molar-refractivity contribution is 7.87. The first-order valence-electron chi connectivity index (χ1n) is 11.0. The molecule has 1 amide bonds. The average Bonchev–Trinajstić information content (AvgIpc) is 2.76. The summed E-state index contributed by atoms with van der Waals surface area (Å²) in [7, 11) is -4.47. The van der Waals surface area contributed by atoms with Gasteiger partial charge in [0.05, 0.1) is 5.56 Å². The molecule has 0 fully saturated rings. The van der Waals surface area contributed by atoms with Gasteiger partial charge in [-0.3, -0.25) is 4.79 Å². The van der Waals surface area contributed by atoms with Crippen molar-refractivity contribution in [3.05, 3.63) is 59.7 Å². The Kier molecular flexibility index (Phi) is 9.34. The minimum atomic E-state index is -4.67. The Morgan fingerprint density at radius 1 is 1.06 bits per heavy atom. The molecule has 0 heterocycles. The number of rotatable bonds is 11. The molecule has 0 aliphatic heterocycles. The van der Waals surface area contributed by atoms with E-state index in [-0.39, 0.29) is 24.2 Å². The lowest BCUT2D eigenvalue weighted by Gasteiger charge is -2.29. The van der Waals surface area contributed by atoms with E-state index in [1.807, 2.05) is 13.8 Å². The third kappa shape index (κ3) is 7.77. The number of hydrogen-bond donors (Lipinski definition) is 0. The van der Waals surface area contributed by atoms with Crippen LogP contribution in [0.3, 0.4) is 0 Å². The van der Waals surface area contributed by atoms with Crippen LogP contribution in [0.2, 0.25) is 0 Å². The summed E-state index contributed by atoms with van der Waals surface area (Å²) in [5.41, 5.74) is -0.414. The summed E-state index contributed by atoms with van der Waals surface area (Å²) < 4.78 is 69.1. The van der Waals surface area contributed by atoms with Crippen molar-refractivity contribution in [2.45, 2.75) is 76.5 Å². The summed E-state index contributed by atoms with van der Waals surface area (Å²) in [6, 6.07) is 9.63. The van der Waals surface area contributed by atoms with Crippen LogP contribution in [0.5, 0.6) is 5.75 Å². The molecule has 0 radical (unpaired) electrons. The first-order valence-corrected chi connectivity index (χ1v) is 12.4. The Morgan fingerprint density at radius 2 is 1.76 bits per heavy atom. The monoisotopic (exact) mass is 485 g/mol. The van der Waals surface area contributed by atoms with Crippen LogP contribution in [-0.4, -0.2) is 25.3 Å². The maximum absolute atomic E-state index is 12.9. The van der Waals surface area contributed by atoms with Crippen molar-refractivity contribution < 1.29 is 30.6 Å². The quantitative estimate of drug-likeness (QED) is 0.282. The van der Waals surface area contributed by atoms with Gasteiger partial charge < -0.3 is 9.08 Å². The van der Waals surface area contributed by atoms with E-state index in [0.717, 1.165) is 43.9 Å². The van der Waals surface area contributed by atoms with Crippen LogP contribution in [0.4, 0.5) is 13.2 Å². The lowest BCUT2D eigenvalue weighted by molar-refractivity contribution is -0.137. The molecule has 0 aliphatic rings. The summed E-state index contributed by atoms with van der Waals surface area (Å²) in [6.45, 7) is 6.28. The number of unbranched alkanes of at least 4 members (excludes halogenated alkanes) is 2. The number of carbonyl (C=O) groups excluding carboxylic acids is 1. The van der Waals surface area contributed by atoms with Crippen LogP contribution in [0.1, 0.15) is 64.0 Å². The van der Waals surface area contributed by atoms with Gasteiger partial charge in [-0.2, -0.15) is 21.6 Å². The Labute approximate surface area is 193 Å². The number of hydrogen-bond acceptors (Lipinski definition) is 4. The van der Waals surface area contributed by atoms with Crippen molar-refractivity contribution in [1.82, 2.24) is 4.90 Å². The number of amides is 1. The molecule has 2 aromatic rings. The summed E-state index contributed by atoms with van der Waals surface area (Å²) in [6.07, 6.45) is -0.680. The van der Waals surface area contributed by atoms with Crippen molar-refractivity contribution in [3.63, 3.8) is 0 Å². The second-order valence-corrected chi connectivity index (χ2v) is 9.49. The fourth-order valence-corrected chi connectivity index (χ4v) is 4.24. The van der Waals surface area contributed by atoms with E-state index in [9.17, 15) is 26.4 Å². The number of benzene rings is 2. The molecule has 1 unspecified atom stereocenters. The zero-order valence-corrected chi connectivity index (χ0v) is 19.9. The van der Waals surface area contributed by atoms with Crippen LogP contribution >= 0.6 is 0 Å². The molecule has 0 saturated carbocycles. The molecule has 0 bridgehead atoms. The second kappa shape index (κ2) is 11.5. The highest BCUT2D eigenvalue weighted by atomic mass is 32.2. The van der Waals surface area contributed by atoms with Gasteiger partial charge in [0.25, 0.3) is 0 Å². The Hall–Kier alpha value is -2.55. The molecule has 0 aliphatic carbocycles. The van der Waals surface area contributed by atoms with E-state index in [0.29, 0.717) is 18.1 Å². The molecule has 182 valence electrons. The predicted molar refractivity (Wildman–Crippen MR) is 120 cm³/mol. The summed E-state index contributed by atoms with van der Waals surface area (Å²) >= 11 is 0. The number of carbonyl (C=O) groups is 1. The molecule has 0 N–H and O–H groups in total. The smallest absolute Gasteiger partial charge is 0.379 e. The third-order valence-corrected chi connectivity index (χ3v) is 6.59. The SMILES string of the molecule is CCCCCC(=O)N(Cc1cccc(OS(=O)(=O)c2cccc(C(F)(F)F)c2)c1)C(C)CC. The predicted octanol–water partition coefficient (Wildman–Crippen LogP) is 6.18. The molecule has 5 nitrogen and oxygen atoms in total. The molecule has 0 saturated heterocycles. The van der Waals surface area contributed by atoms with Crippen molar-refractivity contribution >= 4 is 16.0 Å². The number of alkyl halides is 3. The lowest BCUT2D eigenvalue weighted by Crippen LogP contribution is -2.37. The first-order chi connectivity index (χ1) is 15.5. The molecular weight excluding hydrogens is 455 g/mol. The van der Waals surface area contributed by atoms with Crippen molar-refractivity contribution in [1.29, 1.82) is 0 Å². The van der Waals surface area contributed by atoms with Gasteiger partial charge in [-0.25, -0.2) is 0 Å². The molecule has 2 rings (SSSR count). The maximum Gasteiger partial charge on any atom is 0.416 e. The van der Waals surface area contributed by atoms with Gasteiger partial charge in [-0.15, -0.1) is 0 Å². The van der Waals surface area contributed by atoms with E-state index < -0.39 is 26.8 Å². The van der Waals surface area contributed by atoms with Gasteiger partial charge >= 0.3 is 16.3 Å². The lowest BCUT2D eigenvalue weighted by atomic mass is 10.1. The van der Waals surface area contributed by atoms with Gasteiger partial charge in [0, 0.05) is 19.0 Å². The largest absolute Gasteiger partial charge is 0.416 e. The molecule has 2 aromatic carbocycles. The molecule has 0 spiro atoms. The average molecular weight is 486 g/mol. The molecule has 1 atom stereocenters. The minimum Gasteiger partial charge on any atom is -0.379 e. The van der Waals surface area contributed by atoms with Gasteiger partial charge in [0.2, 0.25) is 5.91 Å². The Bertz CT molecular complexity index is 1040. The Morgan fingerprint density at radius 3 is 2.39 bits per heavy atom. The minimum absolute atomic E-state index is 0.00228. The van der Waals surface area contributed by atoms with Crippen molar-refractivity contribution in [2.24, 2.45) is 0 Å². The second-order valence-electron chi connectivity index (χ2n) is 7.95. The van der Waals surface area contributed by atoms with Crippen LogP contribution in [0.15, 0.2) is 53.4 Å². The van der Waals surface area contributed by atoms with Crippen LogP contribution in [-0.2, 0) is 27.6 Å². The van der Waals surface area contributed by atoms with Crippen molar-refractivity contribution in [2.75, 3.05) is 0 Å². The standard InChI is InChI=1S/C24H30F3NO4S/c1-4-6-7-14-23(29)28(18(3)5-2)17-19-10-8-12-21(15-19)32-33(30,31)22-13-9-11-20(16-22)24(25,26)27/h8-13,15-16,18H,4-7,14,17H2,1-3H3. The van der Waals surface area contributed by atoms with E-state index in [4.69, 9.17) is 4.18 Å². The fourth-order valence-electron chi connectivity index (χ4n) is 3.28. The Balaban J connectivity index is 2.21. The van der Waals surface area contributed by atoms with E-state index >= 15 is 0 Å². The van der Waals surface area contributed by atoms with Crippen LogP contribution < -0.4 is 4.18 Å². The topological polar surface area (TPSA) is 63.7 Å². The van der Waals surface area contributed by atoms with Crippen LogP contribution in [0, 0.1) is 0 Å². The molecule has 9 heteroatoms. The molecule has 33 heavy (non-hydrogen) atoms. The van der Waals surface area contributed by atoms with E-state index in [1.54, 1.807) is 17.0 Å². The highest BCUT2D eigenvalue weighted by Gasteiger charge is 2.32. The fraction of sp³-hybridized carbons (Fsp3) is 0.458. The summed E-state index contributed by atoms with van der Waals surface area (Å²) in [4.78, 5) is 13.9. The van der Waals surface area contributed by atoms with Crippen LogP contribution in [0.25, 0.3) is 0 Å². The number of nitrogens with zero attached hydrogens (tertiary/aromatic N) is 1. The van der Waals surface area contributed by atoms with Gasteiger partial charge in [-0.05, 0) is 55.7 Å². The zero-order valence-electron chi connectivity index (χ0n) is 19.1. The summed E-state index contributed by atoms with van der Waals surface area (Å²) in [5.74, 6) is -0.00634. The van der Waals surface area contributed by atoms with Crippen molar-refractivity contribution in [3.8, 4) is 5.75 Å². The van der Waals surface area contributed by atoms with E-state index in [1.165, 1.54) is 12.1 Å². The summed E-state index contributed by atoms with van der Waals surface area (Å²) in [5, 5.41) is 0. The first kappa shape index (κ1) is 26.7. The number of halogens is 3. The third-order valence-electron chi connectivity index (χ3n) is 5.34. The van der Waals surface area contributed by atoms with E-state index in [2.05, 4.69) is 6.92 Å². The maximum atomic E-state index is 12.9. The van der Waals surface area contributed by atoms with Gasteiger partial charge in [-0.1, -0.05) is 44.9 Å². The normalized spacial score (nSPS) is 12.9.